The molecule has 0 bridgehead atoms. The Bertz CT molecular complexity index is 932. The van der Waals surface area contributed by atoms with Gasteiger partial charge in [0.15, 0.2) is 6.10 Å². The van der Waals surface area contributed by atoms with Crippen LogP contribution in [-0.4, -0.2) is 37.2 Å². The fraction of sp³-hybridized carbons (Fsp3) is 0.250. The number of anilines is 2. The number of amides is 2. The Kier molecular flexibility index (Phi) is 5.16. The molecule has 2 aromatic rings. The fourth-order valence-corrected chi connectivity index (χ4v) is 3.55. The van der Waals surface area contributed by atoms with E-state index < -0.39 is 0 Å². The van der Waals surface area contributed by atoms with E-state index in [0.29, 0.717) is 35.9 Å². The van der Waals surface area contributed by atoms with Gasteiger partial charge >= 0.3 is 0 Å². The summed E-state index contributed by atoms with van der Waals surface area (Å²) in [6.45, 7) is 1.53. The van der Waals surface area contributed by atoms with Gasteiger partial charge in [-0.2, -0.15) is 0 Å². The molecule has 1 unspecified atom stereocenters. The lowest BCUT2D eigenvalue weighted by Gasteiger charge is -2.29. The van der Waals surface area contributed by atoms with Crippen LogP contribution in [0.3, 0.4) is 0 Å². The number of piperazine rings is 1. The van der Waals surface area contributed by atoms with Gasteiger partial charge in [0.05, 0.1) is 17.3 Å². The molecule has 0 spiro atoms. The lowest BCUT2D eigenvalue weighted by atomic mass is 10.0. The number of halogens is 1. The van der Waals surface area contributed by atoms with E-state index in [2.05, 4.69) is 15.8 Å². The zero-order valence-corrected chi connectivity index (χ0v) is 15.8. The van der Waals surface area contributed by atoms with Crippen LogP contribution in [0.4, 0.5) is 11.4 Å². The van der Waals surface area contributed by atoms with Gasteiger partial charge in [0.2, 0.25) is 5.91 Å². The molecule has 2 aromatic carbocycles. The quantitative estimate of drug-likeness (QED) is 0.829. The number of hydrogen-bond acceptors (Lipinski definition) is 5. The number of rotatable bonds is 4. The summed E-state index contributed by atoms with van der Waals surface area (Å²) in [6, 6.07) is 14.9. The molecule has 144 valence electrons. The van der Waals surface area contributed by atoms with Gasteiger partial charge in [0.1, 0.15) is 5.71 Å². The van der Waals surface area contributed by atoms with E-state index in [1.54, 1.807) is 18.2 Å². The normalized spacial score (nSPS) is 18.9. The molecule has 1 atom stereocenters. The molecule has 1 fully saturated rings. The molecule has 2 N–H and O–H groups in total. The first-order valence-corrected chi connectivity index (χ1v) is 9.38. The summed E-state index contributed by atoms with van der Waals surface area (Å²) in [5.74, 6) is -0.355. The van der Waals surface area contributed by atoms with Crippen molar-refractivity contribution in [1.82, 2.24) is 5.32 Å². The van der Waals surface area contributed by atoms with E-state index in [0.717, 1.165) is 11.3 Å². The van der Waals surface area contributed by atoms with Crippen LogP contribution in [0.1, 0.15) is 18.1 Å². The van der Waals surface area contributed by atoms with Gasteiger partial charge in [0, 0.05) is 25.2 Å². The molecule has 1 saturated heterocycles. The Morgan fingerprint density at radius 3 is 2.82 bits per heavy atom. The van der Waals surface area contributed by atoms with Crippen molar-refractivity contribution in [2.45, 2.75) is 12.5 Å². The van der Waals surface area contributed by atoms with Crippen LogP contribution in [0.2, 0.25) is 5.02 Å². The number of oxime groups is 1. The first-order valence-electron chi connectivity index (χ1n) is 9.00. The highest BCUT2D eigenvalue weighted by molar-refractivity contribution is 6.43. The second-order valence-corrected chi connectivity index (χ2v) is 7.05. The zero-order chi connectivity index (χ0) is 19.5. The zero-order valence-electron chi connectivity index (χ0n) is 15.0. The minimum atomic E-state index is -0.320. The summed E-state index contributed by atoms with van der Waals surface area (Å²) < 4.78 is 0. The van der Waals surface area contributed by atoms with E-state index in [4.69, 9.17) is 16.4 Å². The lowest BCUT2D eigenvalue weighted by molar-refractivity contribution is -0.120. The summed E-state index contributed by atoms with van der Waals surface area (Å²) in [4.78, 5) is 31.4. The van der Waals surface area contributed by atoms with Crippen LogP contribution in [0.25, 0.3) is 0 Å². The van der Waals surface area contributed by atoms with Crippen LogP contribution in [0, 0.1) is 0 Å². The summed E-state index contributed by atoms with van der Waals surface area (Å²) in [5, 5.41) is 9.99. The summed E-state index contributed by atoms with van der Waals surface area (Å²) >= 11 is 6.38. The van der Waals surface area contributed by atoms with E-state index in [1.165, 1.54) is 0 Å². The van der Waals surface area contributed by atoms with Crippen molar-refractivity contribution in [2.75, 3.05) is 29.9 Å². The Balaban J connectivity index is 1.40. The number of carbonyl (C=O) groups excluding carboxylic acids is 2. The molecule has 2 aliphatic heterocycles. The molecule has 0 saturated carbocycles. The molecule has 7 nitrogen and oxygen atoms in total. The SMILES string of the molecule is O=C1CN(c2ccc(NC(=O)C3=NOC(c4ccccc4)C3)cc2Cl)CCN1. The number of hydrogen-bond donors (Lipinski definition) is 2. The molecule has 2 amide bonds. The van der Waals surface area contributed by atoms with Gasteiger partial charge in [-0.05, 0) is 23.8 Å². The molecule has 28 heavy (non-hydrogen) atoms. The molecule has 0 aromatic heterocycles. The summed E-state index contributed by atoms with van der Waals surface area (Å²) in [6.07, 6.45) is 0.156. The van der Waals surface area contributed by atoms with E-state index in [1.807, 2.05) is 35.2 Å². The van der Waals surface area contributed by atoms with Crippen molar-refractivity contribution in [3.05, 3.63) is 59.1 Å². The van der Waals surface area contributed by atoms with E-state index in [9.17, 15) is 9.59 Å². The number of nitrogens with one attached hydrogen (secondary N) is 2. The highest BCUT2D eigenvalue weighted by atomic mass is 35.5. The van der Waals surface area contributed by atoms with E-state index in [-0.39, 0.29) is 24.5 Å². The Morgan fingerprint density at radius 2 is 2.07 bits per heavy atom. The standard InChI is InChI=1S/C20H19ClN4O3/c21-15-10-14(6-7-17(15)25-9-8-22-19(26)12-25)23-20(27)16-11-18(28-24-16)13-4-2-1-3-5-13/h1-7,10,18H,8-9,11-12H2,(H,22,26)(H,23,27). The molecule has 2 aliphatic rings. The van der Waals surface area contributed by atoms with Crippen molar-refractivity contribution < 1.29 is 14.4 Å². The monoisotopic (exact) mass is 398 g/mol. The second kappa shape index (κ2) is 7.90. The molecule has 0 radical (unpaired) electrons. The summed E-state index contributed by atoms with van der Waals surface area (Å²) in [5.41, 5.74) is 2.64. The Hall–Kier alpha value is -3.06. The number of benzene rings is 2. The van der Waals surface area contributed by atoms with Gasteiger partial charge in [-0.1, -0.05) is 47.1 Å². The van der Waals surface area contributed by atoms with Crippen molar-refractivity contribution in [3.8, 4) is 0 Å². The van der Waals surface area contributed by atoms with E-state index >= 15 is 0 Å². The topological polar surface area (TPSA) is 83.0 Å². The maximum Gasteiger partial charge on any atom is 0.273 e. The molecule has 2 heterocycles. The second-order valence-electron chi connectivity index (χ2n) is 6.64. The largest absolute Gasteiger partial charge is 0.387 e. The van der Waals surface area contributed by atoms with Gasteiger partial charge in [-0.3, -0.25) is 9.59 Å². The molecule has 0 aliphatic carbocycles. The molecular formula is C20H19ClN4O3. The maximum absolute atomic E-state index is 12.5. The first-order chi connectivity index (χ1) is 13.6. The summed E-state index contributed by atoms with van der Waals surface area (Å²) in [7, 11) is 0. The predicted molar refractivity (Wildman–Crippen MR) is 108 cm³/mol. The Labute approximate surface area is 167 Å². The van der Waals surface area contributed by atoms with Crippen LogP contribution >= 0.6 is 11.6 Å². The smallest absolute Gasteiger partial charge is 0.273 e. The molecule has 8 heteroatoms. The van der Waals surface area contributed by atoms with Crippen molar-refractivity contribution >= 4 is 40.5 Å². The van der Waals surface area contributed by atoms with Crippen LogP contribution < -0.4 is 15.5 Å². The van der Waals surface area contributed by atoms with Crippen molar-refractivity contribution in [3.63, 3.8) is 0 Å². The van der Waals surface area contributed by atoms with Gasteiger partial charge in [0.25, 0.3) is 5.91 Å². The third-order valence-corrected chi connectivity index (χ3v) is 4.99. The maximum atomic E-state index is 12.5. The fourth-order valence-electron chi connectivity index (χ4n) is 3.25. The van der Waals surface area contributed by atoms with Gasteiger partial charge in [-0.25, -0.2) is 0 Å². The average molecular weight is 399 g/mol. The lowest BCUT2D eigenvalue weighted by Crippen LogP contribution is -2.47. The Morgan fingerprint density at radius 1 is 1.25 bits per heavy atom. The van der Waals surface area contributed by atoms with Gasteiger partial charge < -0.3 is 20.4 Å². The van der Waals surface area contributed by atoms with Crippen molar-refractivity contribution in [1.29, 1.82) is 0 Å². The third-order valence-electron chi connectivity index (χ3n) is 4.69. The molecular weight excluding hydrogens is 380 g/mol. The third kappa shape index (κ3) is 3.94. The highest BCUT2D eigenvalue weighted by Gasteiger charge is 2.27. The number of carbonyl (C=O) groups is 2. The van der Waals surface area contributed by atoms with Crippen LogP contribution in [-0.2, 0) is 14.4 Å². The van der Waals surface area contributed by atoms with Crippen molar-refractivity contribution in [2.24, 2.45) is 5.16 Å². The predicted octanol–water partition coefficient (Wildman–Crippen LogP) is 2.73. The minimum absolute atomic E-state index is 0.0353. The number of nitrogens with zero attached hydrogens (tertiary/aromatic N) is 2. The van der Waals surface area contributed by atoms with Crippen LogP contribution in [0.15, 0.2) is 53.7 Å². The average Bonchev–Trinajstić information content (AvgIpc) is 3.19. The highest BCUT2D eigenvalue weighted by Crippen LogP contribution is 2.30. The first kappa shape index (κ1) is 18.3. The van der Waals surface area contributed by atoms with Gasteiger partial charge in [-0.15, -0.1) is 0 Å². The van der Waals surface area contributed by atoms with Crippen LogP contribution in [0.5, 0.6) is 0 Å². The molecule has 4 rings (SSSR count). The minimum Gasteiger partial charge on any atom is -0.387 e.